The molecule has 0 aliphatic carbocycles. The zero-order valence-corrected chi connectivity index (χ0v) is 11.6. The van der Waals surface area contributed by atoms with E-state index >= 15 is 0 Å². The van der Waals surface area contributed by atoms with Gasteiger partial charge in [0.25, 0.3) is 0 Å². The van der Waals surface area contributed by atoms with Crippen molar-refractivity contribution < 1.29 is 4.79 Å². The molecule has 20 heavy (non-hydrogen) atoms. The van der Waals surface area contributed by atoms with Gasteiger partial charge in [-0.15, -0.1) is 0 Å². The minimum absolute atomic E-state index is 0.0530. The van der Waals surface area contributed by atoms with Crippen molar-refractivity contribution in [1.82, 2.24) is 0 Å². The normalized spacial score (nSPS) is 15.1. The number of nitrogens with zero attached hydrogens (tertiary/aromatic N) is 1. The molecule has 2 aromatic rings. The van der Waals surface area contributed by atoms with E-state index in [4.69, 9.17) is 0 Å². The van der Waals surface area contributed by atoms with Crippen LogP contribution < -0.4 is 10.2 Å². The molecule has 0 bridgehead atoms. The van der Waals surface area contributed by atoms with Gasteiger partial charge in [0.2, 0.25) is 5.78 Å². The Morgan fingerprint density at radius 3 is 2.35 bits per heavy atom. The monoisotopic (exact) mass is 264 g/mol. The number of allylic oxidation sites excluding steroid dienone is 1. The van der Waals surface area contributed by atoms with Gasteiger partial charge in [-0.2, -0.15) is 0 Å². The first-order chi connectivity index (χ1) is 9.65. The van der Waals surface area contributed by atoms with E-state index in [0.717, 1.165) is 22.5 Å². The Morgan fingerprint density at radius 1 is 1.00 bits per heavy atom. The number of carbonyl (C=O) groups excluding carboxylic acids is 1. The Kier molecular flexibility index (Phi) is 3.03. The van der Waals surface area contributed by atoms with Crippen LogP contribution in [-0.4, -0.2) is 19.9 Å². The molecule has 0 saturated carbocycles. The third-order valence-corrected chi connectivity index (χ3v) is 3.41. The fraction of sp³-hybridized carbons (Fsp3) is 0.118. The summed E-state index contributed by atoms with van der Waals surface area (Å²) in [5.41, 5.74) is 4.40. The maximum atomic E-state index is 12.2. The van der Waals surface area contributed by atoms with Gasteiger partial charge in [-0.25, -0.2) is 0 Å². The Balaban J connectivity index is 1.89. The molecule has 0 atom stereocenters. The fourth-order valence-electron chi connectivity index (χ4n) is 2.27. The summed E-state index contributed by atoms with van der Waals surface area (Å²) in [6, 6.07) is 15.7. The maximum Gasteiger partial charge on any atom is 0.211 e. The second-order valence-electron chi connectivity index (χ2n) is 5.04. The van der Waals surface area contributed by atoms with Gasteiger partial charge in [0.05, 0.1) is 5.70 Å². The predicted molar refractivity (Wildman–Crippen MR) is 83.1 cm³/mol. The van der Waals surface area contributed by atoms with Crippen LogP contribution >= 0.6 is 0 Å². The van der Waals surface area contributed by atoms with Crippen LogP contribution in [0.15, 0.2) is 54.2 Å². The Morgan fingerprint density at radius 2 is 1.70 bits per heavy atom. The summed E-state index contributed by atoms with van der Waals surface area (Å²) in [5, 5.41) is 3.17. The van der Waals surface area contributed by atoms with E-state index in [9.17, 15) is 4.79 Å². The van der Waals surface area contributed by atoms with Crippen LogP contribution in [0.5, 0.6) is 0 Å². The Bertz CT molecular complexity index is 684. The van der Waals surface area contributed by atoms with E-state index in [1.54, 1.807) is 0 Å². The van der Waals surface area contributed by atoms with E-state index in [1.165, 1.54) is 0 Å². The lowest BCUT2D eigenvalue weighted by atomic mass is 10.1. The molecular weight excluding hydrogens is 248 g/mol. The van der Waals surface area contributed by atoms with Crippen molar-refractivity contribution >= 4 is 23.2 Å². The Hall–Kier alpha value is -2.55. The van der Waals surface area contributed by atoms with Crippen molar-refractivity contribution in [2.75, 3.05) is 24.3 Å². The first-order valence-corrected chi connectivity index (χ1v) is 6.55. The molecule has 1 aliphatic rings. The van der Waals surface area contributed by atoms with Crippen LogP contribution in [0.4, 0.5) is 11.4 Å². The smallest absolute Gasteiger partial charge is 0.211 e. The van der Waals surface area contributed by atoms with Crippen molar-refractivity contribution in [1.29, 1.82) is 0 Å². The topological polar surface area (TPSA) is 32.3 Å². The molecule has 1 N–H and O–H groups in total. The van der Waals surface area contributed by atoms with Gasteiger partial charge in [-0.3, -0.25) is 4.79 Å². The van der Waals surface area contributed by atoms with Crippen LogP contribution in [0.3, 0.4) is 0 Å². The number of anilines is 2. The van der Waals surface area contributed by atoms with E-state index in [2.05, 4.69) is 5.32 Å². The van der Waals surface area contributed by atoms with Crippen LogP contribution in [0.25, 0.3) is 6.08 Å². The van der Waals surface area contributed by atoms with E-state index < -0.39 is 0 Å². The maximum absolute atomic E-state index is 12.2. The van der Waals surface area contributed by atoms with Crippen molar-refractivity contribution in [2.45, 2.75) is 0 Å². The molecule has 0 saturated heterocycles. The number of benzene rings is 2. The average molecular weight is 264 g/mol. The second-order valence-corrected chi connectivity index (χ2v) is 5.04. The van der Waals surface area contributed by atoms with Gasteiger partial charge in [0.1, 0.15) is 0 Å². The zero-order chi connectivity index (χ0) is 14.1. The highest BCUT2D eigenvalue weighted by Crippen LogP contribution is 2.28. The number of Topliss-reactive ketones (excluding diaryl/α,β-unsaturated/α-hetero) is 1. The van der Waals surface area contributed by atoms with Gasteiger partial charge in [-0.05, 0) is 35.9 Å². The van der Waals surface area contributed by atoms with Gasteiger partial charge in [0.15, 0.2) is 0 Å². The minimum atomic E-state index is 0.0530. The lowest BCUT2D eigenvalue weighted by molar-refractivity contribution is 0.104. The molecule has 3 rings (SSSR count). The summed E-state index contributed by atoms with van der Waals surface area (Å²) >= 11 is 0. The number of rotatable bonds is 2. The van der Waals surface area contributed by atoms with Crippen LogP contribution in [0.2, 0.25) is 0 Å². The molecule has 1 aliphatic heterocycles. The molecule has 3 heteroatoms. The first-order valence-electron chi connectivity index (χ1n) is 6.55. The molecular formula is C17H16N2O. The molecule has 0 aromatic heterocycles. The molecule has 100 valence electrons. The number of fused-ring (bicyclic) bond motifs is 1. The molecule has 0 spiro atoms. The SMILES string of the molecule is CN(C)c1ccc(/C=C2/Nc3ccccc3C2=O)cc1. The van der Waals surface area contributed by atoms with Gasteiger partial charge in [0, 0.05) is 31.0 Å². The van der Waals surface area contributed by atoms with Gasteiger partial charge in [-0.1, -0.05) is 24.3 Å². The molecule has 0 unspecified atom stereocenters. The highest BCUT2D eigenvalue weighted by molar-refractivity contribution is 6.20. The van der Waals surface area contributed by atoms with Crippen molar-refractivity contribution in [3.63, 3.8) is 0 Å². The lowest BCUT2D eigenvalue weighted by Crippen LogP contribution is -2.08. The van der Waals surface area contributed by atoms with Crippen molar-refractivity contribution in [3.05, 3.63) is 65.4 Å². The van der Waals surface area contributed by atoms with Crippen molar-refractivity contribution in [3.8, 4) is 0 Å². The van der Waals surface area contributed by atoms with Gasteiger partial charge >= 0.3 is 0 Å². The number of carbonyl (C=O) groups is 1. The minimum Gasteiger partial charge on any atom is -0.378 e. The first kappa shape index (κ1) is 12.5. The number of para-hydroxylation sites is 1. The number of nitrogens with one attached hydrogen (secondary N) is 1. The van der Waals surface area contributed by atoms with Crippen LogP contribution in [0.1, 0.15) is 15.9 Å². The molecule has 1 heterocycles. The third-order valence-electron chi connectivity index (χ3n) is 3.41. The van der Waals surface area contributed by atoms with Gasteiger partial charge < -0.3 is 10.2 Å². The molecule has 2 aromatic carbocycles. The average Bonchev–Trinajstić information content (AvgIpc) is 2.77. The predicted octanol–water partition coefficient (Wildman–Crippen LogP) is 3.40. The molecule has 3 nitrogen and oxygen atoms in total. The largest absolute Gasteiger partial charge is 0.378 e. The van der Waals surface area contributed by atoms with E-state index in [-0.39, 0.29) is 5.78 Å². The standard InChI is InChI=1S/C17H16N2O/c1-19(2)13-9-7-12(8-10-13)11-16-17(20)14-5-3-4-6-15(14)18-16/h3-11,18H,1-2H3/b16-11+. The molecule has 0 amide bonds. The summed E-state index contributed by atoms with van der Waals surface area (Å²) < 4.78 is 0. The van der Waals surface area contributed by atoms with E-state index in [1.807, 2.05) is 73.6 Å². The summed E-state index contributed by atoms with van der Waals surface area (Å²) in [4.78, 5) is 14.3. The summed E-state index contributed by atoms with van der Waals surface area (Å²) in [7, 11) is 4.01. The number of ketones is 1. The van der Waals surface area contributed by atoms with Crippen LogP contribution in [-0.2, 0) is 0 Å². The molecule has 0 radical (unpaired) electrons. The third kappa shape index (κ3) is 2.18. The molecule has 0 fully saturated rings. The van der Waals surface area contributed by atoms with Crippen molar-refractivity contribution in [2.24, 2.45) is 0 Å². The number of hydrogen-bond acceptors (Lipinski definition) is 3. The zero-order valence-electron chi connectivity index (χ0n) is 11.6. The van der Waals surface area contributed by atoms with E-state index in [0.29, 0.717) is 5.70 Å². The highest BCUT2D eigenvalue weighted by Gasteiger charge is 2.23. The summed E-state index contributed by atoms with van der Waals surface area (Å²) in [5.74, 6) is 0.0530. The quantitative estimate of drug-likeness (QED) is 0.844. The second kappa shape index (κ2) is 4.85. The lowest BCUT2D eigenvalue weighted by Gasteiger charge is -2.11. The Labute approximate surface area is 118 Å². The highest BCUT2D eigenvalue weighted by atomic mass is 16.1. The summed E-state index contributed by atoms with van der Waals surface area (Å²) in [6.07, 6.45) is 1.89. The van der Waals surface area contributed by atoms with Crippen LogP contribution in [0, 0.1) is 0 Å². The summed E-state index contributed by atoms with van der Waals surface area (Å²) in [6.45, 7) is 0. The fourth-order valence-corrected chi connectivity index (χ4v) is 2.27. The number of hydrogen-bond donors (Lipinski definition) is 1.